The number of nitrogens with zero attached hydrogens (tertiary/aromatic N) is 1. The quantitative estimate of drug-likeness (QED) is 0.503. The number of hydrogen-bond donors (Lipinski definition) is 1. The number of hydrogen-bond acceptors (Lipinski definition) is 4. The second-order valence-electron chi connectivity index (χ2n) is 6.99. The van der Waals surface area contributed by atoms with Gasteiger partial charge in [-0.15, -0.1) is 0 Å². The van der Waals surface area contributed by atoms with Crippen molar-refractivity contribution in [3.63, 3.8) is 0 Å². The van der Waals surface area contributed by atoms with Crippen LogP contribution in [0.3, 0.4) is 0 Å². The molecule has 1 aliphatic heterocycles. The number of halogens is 2. The Bertz CT molecular complexity index is 1220. The maximum Gasteiger partial charge on any atom is 0.282 e. The molecule has 4 rings (SSSR count). The fraction of sp³-hybridized carbons (Fsp3) is 0.0833. The lowest BCUT2D eigenvalue weighted by Crippen LogP contribution is -2.32. The first-order valence-corrected chi connectivity index (χ1v) is 10.2. The fourth-order valence-corrected chi connectivity index (χ4v) is 3.77. The molecule has 0 aliphatic carbocycles. The topological polar surface area (TPSA) is 58.6 Å². The van der Waals surface area contributed by atoms with E-state index in [2.05, 4.69) is 5.32 Å². The molecule has 0 atom stereocenters. The number of nitrogens with one attached hydrogen (secondary N) is 1. The first-order valence-electron chi connectivity index (χ1n) is 9.45. The summed E-state index contributed by atoms with van der Waals surface area (Å²) in [6.45, 7) is 1.87. The molecule has 5 nitrogen and oxygen atoms in total. The van der Waals surface area contributed by atoms with E-state index in [9.17, 15) is 9.59 Å². The number of carbonyl (C=O) groups is 2. The van der Waals surface area contributed by atoms with Gasteiger partial charge in [0.2, 0.25) is 0 Å². The van der Waals surface area contributed by atoms with Crippen molar-refractivity contribution < 1.29 is 14.3 Å². The minimum Gasteiger partial charge on any atom is -0.497 e. The molecular weight excluding hydrogens is 435 g/mol. The van der Waals surface area contributed by atoms with E-state index in [0.29, 0.717) is 32.7 Å². The summed E-state index contributed by atoms with van der Waals surface area (Å²) in [5.41, 5.74) is 2.97. The summed E-state index contributed by atoms with van der Waals surface area (Å²) < 4.78 is 5.25. The lowest BCUT2D eigenvalue weighted by Gasteiger charge is -2.16. The van der Waals surface area contributed by atoms with E-state index < -0.39 is 11.8 Å². The highest BCUT2D eigenvalue weighted by molar-refractivity contribution is 6.46. The van der Waals surface area contributed by atoms with Crippen molar-refractivity contribution >= 4 is 52.0 Å². The Morgan fingerprint density at radius 2 is 1.58 bits per heavy atom. The van der Waals surface area contributed by atoms with Crippen molar-refractivity contribution in [1.29, 1.82) is 0 Å². The molecule has 1 aliphatic rings. The first kappa shape index (κ1) is 21.0. The van der Waals surface area contributed by atoms with Crippen LogP contribution in [0.2, 0.25) is 10.0 Å². The molecule has 1 N–H and O–H groups in total. The van der Waals surface area contributed by atoms with Crippen LogP contribution in [0.5, 0.6) is 5.75 Å². The number of carbonyl (C=O) groups excluding carboxylic acids is 2. The van der Waals surface area contributed by atoms with Gasteiger partial charge in [-0.25, -0.2) is 4.90 Å². The van der Waals surface area contributed by atoms with Crippen LogP contribution in [0.4, 0.5) is 11.4 Å². The van der Waals surface area contributed by atoms with Gasteiger partial charge in [-0.05, 0) is 60.5 Å². The lowest BCUT2D eigenvalue weighted by molar-refractivity contribution is -0.120. The van der Waals surface area contributed by atoms with E-state index in [4.69, 9.17) is 27.9 Å². The Labute approximate surface area is 189 Å². The van der Waals surface area contributed by atoms with Gasteiger partial charge in [0.25, 0.3) is 11.8 Å². The summed E-state index contributed by atoms with van der Waals surface area (Å²) in [6, 6.07) is 18.9. The third-order valence-corrected chi connectivity index (χ3v) is 5.46. The summed E-state index contributed by atoms with van der Waals surface area (Å²) in [5.74, 6) is -0.353. The van der Waals surface area contributed by atoms with Crippen LogP contribution in [0.1, 0.15) is 11.1 Å². The molecule has 3 aromatic carbocycles. The zero-order chi connectivity index (χ0) is 22.1. The number of benzene rings is 3. The van der Waals surface area contributed by atoms with Crippen LogP contribution in [0, 0.1) is 6.92 Å². The number of imide groups is 1. The molecule has 0 saturated heterocycles. The SMILES string of the molecule is COc1cccc(N2C(=O)C(Nc3ccc(Cl)cc3C)=C(c3ccc(Cl)cc3)C2=O)c1. The molecule has 7 heteroatoms. The number of amides is 2. The zero-order valence-corrected chi connectivity index (χ0v) is 18.3. The van der Waals surface area contributed by atoms with Crippen molar-refractivity contribution in [1.82, 2.24) is 0 Å². The second-order valence-corrected chi connectivity index (χ2v) is 7.86. The molecule has 0 saturated carbocycles. The Kier molecular flexibility index (Phi) is 5.72. The highest BCUT2D eigenvalue weighted by Crippen LogP contribution is 2.35. The summed E-state index contributed by atoms with van der Waals surface area (Å²) in [7, 11) is 1.53. The summed E-state index contributed by atoms with van der Waals surface area (Å²) in [6.07, 6.45) is 0. The average molecular weight is 453 g/mol. The first-order chi connectivity index (χ1) is 14.9. The third-order valence-electron chi connectivity index (χ3n) is 4.98. The molecule has 0 spiro atoms. The molecule has 2 amide bonds. The van der Waals surface area contributed by atoms with Crippen LogP contribution >= 0.6 is 23.2 Å². The van der Waals surface area contributed by atoms with Crippen molar-refractivity contribution in [3.8, 4) is 5.75 Å². The van der Waals surface area contributed by atoms with E-state index in [1.165, 1.54) is 7.11 Å². The van der Waals surface area contributed by atoms with Gasteiger partial charge in [-0.3, -0.25) is 9.59 Å². The van der Waals surface area contributed by atoms with Gasteiger partial charge in [-0.1, -0.05) is 41.4 Å². The number of anilines is 2. The van der Waals surface area contributed by atoms with Crippen LogP contribution in [0.15, 0.2) is 72.4 Å². The molecule has 1 heterocycles. The van der Waals surface area contributed by atoms with Gasteiger partial charge >= 0.3 is 0 Å². The van der Waals surface area contributed by atoms with Gasteiger partial charge in [0.15, 0.2) is 0 Å². The molecular formula is C24H18Cl2N2O3. The molecule has 0 radical (unpaired) electrons. The van der Waals surface area contributed by atoms with Gasteiger partial charge in [0.05, 0.1) is 18.4 Å². The van der Waals surface area contributed by atoms with Crippen LogP contribution in [-0.4, -0.2) is 18.9 Å². The molecule has 0 bridgehead atoms. The fourth-order valence-electron chi connectivity index (χ4n) is 3.42. The third kappa shape index (κ3) is 4.02. The maximum atomic E-state index is 13.5. The normalized spacial score (nSPS) is 13.7. The standard InChI is InChI=1S/C24H18Cl2N2O3/c1-14-12-17(26)10-11-20(14)27-22-21(15-6-8-16(25)9-7-15)23(29)28(24(22)30)18-4-3-5-19(13-18)31-2/h3-13,27H,1-2H3. The molecule has 3 aromatic rings. The minimum absolute atomic E-state index is 0.181. The number of aryl methyl sites for hydroxylation is 1. The van der Waals surface area contributed by atoms with Crippen molar-refractivity contribution in [2.75, 3.05) is 17.3 Å². The van der Waals surface area contributed by atoms with Crippen molar-refractivity contribution in [2.24, 2.45) is 0 Å². The smallest absolute Gasteiger partial charge is 0.282 e. The summed E-state index contributed by atoms with van der Waals surface area (Å²) >= 11 is 12.1. The number of methoxy groups -OCH3 is 1. The van der Waals surface area contributed by atoms with Crippen molar-refractivity contribution in [2.45, 2.75) is 6.92 Å². The predicted molar refractivity (Wildman–Crippen MR) is 124 cm³/mol. The van der Waals surface area contributed by atoms with Gasteiger partial charge < -0.3 is 10.1 Å². The van der Waals surface area contributed by atoms with Crippen LogP contribution in [0.25, 0.3) is 5.57 Å². The lowest BCUT2D eigenvalue weighted by atomic mass is 10.0. The Hall–Kier alpha value is -3.28. The van der Waals surface area contributed by atoms with E-state index in [1.54, 1.807) is 66.7 Å². The highest BCUT2D eigenvalue weighted by atomic mass is 35.5. The Morgan fingerprint density at radius 3 is 2.26 bits per heavy atom. The zero-order valence-electron chi connectivity index (χ0n) is 16.8. The number of rotatable bonds is 5. The minimum atomic E-state index is -0.461. The monoisotopic (exact) mass is 452 g/mol. The van der Waals surface area contributed by atoms with Crippen molar-refractivity contribution in [3.05, 3.63) is 93.6 Å². The van der Waals surface area contributed by atoms with Crippen LogP contribution < -0.4 is 15.0 Å². The molecule has 0 unspecified atom stereocenters. The highest BCUT2D eigenvalue weighted by Gasteiger charge is 2.40. The second kappa shape index (κ2) is 8.46. The van der Waals surface area contributed by atoms with E-state index in [0.717, 1.165) is 10.5 Å². The molecule has 0 aromatic heterocycles. The Morgan fingerprint density at radius 1 is 0.871 bits per heavy atom. The largest absolute Gasteiger partial charge is 0.497 e. The number of ether oxygens (including phenoxy) is 1. The predicted octanol–water partition coefficient (Wildman–Crippen LogP) is 5.71. The van der Waals surface area contributed by atoms with E-state index >= 15 is 0 Å². The average Bonchev–Trinajstić information content (AvgIpc) is 3.00. The van der Waals surface area contributed by atoms with Gasteiger partial charge in [0.1, 0.15) is 11.4 Å². The molecule has 31 heavy (non-hydrogen) atoms. The van der Waals surface area contributed by atoms with Crippen LogP contribution in [-0.2, 0) is 9.59 Å². The molecule has 156 valence electrons. The van der Waals surface area contributed by atoms with E-state index in [-0.39, 0.29) is 11.3 Å². The van der Waals surface area contributed by atoms with Gasteiger partial charge in [-0.2, -0.15) is 0 Å². The Balaban J connectivity index is 1.83. The maximum absolute atomic E-state index is 13.5. The van der Waals surface area contributed by atoms with E-state index in [1.807, 2.05) is 6.92 Å². The summed E-state index contributed by atoms with van der Waals surface area (Å²) in [4.78, 5) is 28.0. The molecule has 0 fully saturated rings. The summed E-state index contributed by atoms with van der Waals surface area (Å²) in [5, 5.41) is 4.27. The van der Waals surface area contributed by atoms with Gasteiger partial charge in [0, 0.05) is 21.8 Å².